The maximum atomic E-state index is 13.4. The van der Waals surface area contributed by atoms with Crippen LogP contribution in [0.5, 0.6) is 0 Å². The second-order valence-corrected chi connectivity index (χ2v) is 5.56. The number of carbonyl (C=O) groups excluding carboxylic acids is 1. The van der Waals surface area contributed by atoms with Crippen LogP contribution in [0.4, 0.5) is 21.5 Å². The number of amides is 1. The molecule has 0 heterocycles. The minimum atomic E-state index is -0.616. The lowest BCUT2D eigenvalue weighted by molar-refractivity contribution is -0.385. The van der Waals surface area contributed by atoms with Gasteiger partial charge < -0.3 is 5.32 Å². The first-order valence-electron chi connectivity index (χ1n) is 7.98. The SMILES string of the molecule is O=C(Nc1ccccc1)c1ccccc1N=Cc1cc(F)ccc1[N+](=O)[O-]. The number of nitro groups is 1. The summed E-state index contributed by atoms with van der Waals surface area (Å²) in [4.78, 5) is 27.2. The maximum Gasteiger partial charge on any atom is 0.278 e. The lowest BCUT2D eigenvalue weighted by Gasteiger charge is -2.07. The smallest absolute Gasteiger partial charge is 0.278 e. The van der Waals surface area contributed by atoms with Crippen molar-refractivity contribution >= 4 is 29.2 Å². The minimum Gasteiger partial charge on any atom is -0.322 e. The van der Waals surface area contributed by atoms with Gasteiger partial charge in [0, 0.05) is 18.0 Å². The molecule has 3 aromatic rings. The first-order valence-corrected chi connectivity index (χ1v) is 7.98. The molecule has 1 amide bonds. The van der Waals surface area contributed by atoms with Crippen LogP contribution in [-0.4, -0.2) is 17.0 Å². The van der Waals surface area contributed by atoms with Crippen LogP contribution >= 0.6 is 0 Å². The molecule has 0 aliphatic carbocycles. The molecule has 7 heteroatoms. The number of nitro benzene ring substituents is 1. The maximum absolute atomic E-state index is 13.4. The highest BCUT2D eigenvalue weighted by molar-refractivity contribution is 6.08. The predicted molar refractivity (Wildman–Crippen MR) is 101 cm³/mol. The molecule has 6 nitrogen and oxygen atoms in total. The summed E-state index contributed by atoms with van der Waals surface area (Å²) >= 11 is 0. The molecule has 0 aliphatic heterocycles. The van der Waals surface area contributed by atoms with Crippen LogP contribution in [0.1, 0.15) is 15.9 Å². The average Bonchev–Trinajstić information content (AvgIpc) is 2.67. The first-order chi connectivity index (χ1) is 13.0. The van der Waals surface area contributed by atoms with Crippen LogP contribution in [0.25, 0.3) is 0 Å². The number of nitrogens with zero attached hydrogens (tertiary/aromatic N) is 2. The highest BCUT2D eigenvalue weighted by atomic mass is 19.1. The van der Waals surface area contributed by atoms with Crippen LogP contribution in [0.3, 0.4) is 0 Å². The Balaban J connectivity index is 1.91. The van der Waals surface area contributed by atoms with Gasteiger partial charge in [0.05, 0.1) is 21.7 Å². The molecule has 134 valence electrons. The van der Waals surface area contributed by atoms with Crippen molar-refractivity contribution in [3.63, 3.8) is 0 Å². The number of halogens is 1. The third-order valence-corrected chi connectivity index (χ3v) is 3.71. The lowest BCUT2D eigenvalue weighted by Crippen LogP contribution is -2.11. The molecule has 0 saturated heterocycles. The molecule has 3 aromatic carbocycles. The van der Waals surface area contributed by atoms with E-state index in [0.29, 0.717) is 11.4 Å². The summed E-state index contributed by atoms with van der Waals surface area (Å²) in [5.74, 6) is -0.986. The molecule has 0 bridgehead atoms. The zero-order valence-electron chi connectivity index (χ0n) is 14.0. The van der Waals surface area contributed by atoms with Gasteiger partial charge in [-0.3, -0.25) is 19.9 Å². The molecule has 27 heavy (non-hydrogen) atoms. The summed E-state index contributed by atoms with van der Waals surface area (Å²) in [6, 6.07) is 18.6. The van der Waals surface area contributed by atoms with Gasteiger partial charge in [-0.05, 0) is 36.4 Å². The molecule has 0 atom stereocenters. The number of para-hydroxylation sites is 2. The standard InChI is InChI=1S/C20H14FN3O3/c21-15-10-11-19(24(26)27)14(12-15)13-22-18-9-5-4-8-17(18)20(25)23-16-6-2-1-3-7-16/h1-13H,(H,23,25). The Morgan fingerprint density at radius 1 is 1.04 bits per heavy atom. The van der Waals surface area contributed by atoms with Crippen LogP contribution in [0.2, 0.25) is 0 Å². The third kappa shape index (κ3) is 4.40. The Morgan fingerprint density at radius 3 is 2.48 bits per heavy atom. The molecule has 0 saturated carbocycles. The molecule has 0 unspecified atom stereocenters. The highest BCUT2D eigenvalue weighted by Gasteiger charge is 2.14. The zero-order valence-corrected chi connectivity index (χ0v) is 14.0. The highest BCUT2D eigenvalue weighted by Crippen LogP contribution is 2.23. The van der Waals surface area contributed by atoms with Crippen molar-refractivity contribution in [1.82, 2.24) is 0 Å². The van der Waals surface area contributed by atoms with E-state index in [-0.39, 0.29) is 22.7 Å². The number of aliphatic imine (C=N–C) groups is 1. The minimum absolute atomic E-state index is 0.0123. The van der Waals surface area contributed by atoms with E-state index in [9.17, 15) is 19.3 Å². The summed E-state index contributed by atoms with van der Waals surface area (Å²) in [5, 5.41) is 13.8. The molecule has 3 rings (SSSR count). The number of carbonyl (C=O) groups is 1. The number of hydrogen-bond acceptors (Lipinski definition) is 4. The summed E-state index contributed by atoms with van der Waals surface area (Å²) in [7, 11) is 0. The fourth-order valence-corrected chi connectivity index (χ4v) is 2.43. The van der Waals surface area contributed by atoms with E-state index in [2.05, 4.69) is 10.3 Å². The van der Waals surface area contributed by atoms with Crippen LogP contribution in [-0.2, 0) is 0 Å². The van der Waals surface area contributed by atoms with Gasteiger partial charge >= 0.3 is 0 Å². The molecule has 0 radical (unpaired) electrons. The molecular weight excluding hydrogens is 349 g/mol. The number of hydrogen-bond donors (Lipinski definition) is 1. The average molecular weight is 363 g/mol. The summed E-state index contributed by atoms with van der Waals surface area (Å²) in [6.45, 7) is 0. The quantitative estimate of drug-likeness (QED) is 0.404. The van der Waals surface area contributed by atoms with E-state index < -0.39 is 10.7 Å². The van der Waals surface area contributed by atoms with E-state index >= 15 is 0 Å². The van der Waals surface area contributed by atoms with Crippen molar-refractivity contribution in [2.24, 2.45) is 4.99 Å². The normalized spacial score (nSPS) is 10.7. The van der Waals surface area contributed by atoms with Crippen molar-refractivity contribution in [2.45, 2.75) is 0 Å². The Morgan fingerprint density at radius 2 is 1.74 bits per heavy atom. The van der Waals surface area contributed by atoms with Gasteiger partial charge in [0.2, 0.25) is 0 Å². The van der Waals surface area contributed by atoms with E-state index in [0.717, 1.165) is 18.2 Å². The predicted octanol–water partition coefficient (Wildman–Crippen LogP) is 4.74. The van der Waals surface area contributed by atoms with E-state index in [1.807, 2.05) is 6.07 Å². The molecule has 1 N–H and O–H groups in total. The first kappa shape index (κ1) is 17.9. The number of rotatable bonds is 5. The summed E-state index contributed by atoms with van der Waals surface area (Å²) < 4.78 is 13.4. The van der Waals surface area contributed by atoms with Crippen molar-refractivity contribution < 1.29 is 14.1 Å². The van der Waals surface area contributed by atoms with Crippen LogP contribution in [0.15, 0.2) is 77.8 Å². The van der Waals surface area contributed by atoms with Crippen molar-refractivity contribution in [1.29, 1.82) is 0 Å². The molecule has 0 fully saturated rings. The van der Waals surface area contributed by atoms with Gasteiger partial charge in [-0.1, -0.05) is 30.3 Å². The molecule has 0 aromatic heterocycles. The number of anilines is 1. The lowest BCUT2D eigenvalue weighted by atomic mass is 10.1. The topological polar surface area (TPSA) is 84.6 Å². The van der Waals surface area contributed by atoms with Crippen molar-refractivity contribution in [3.05, 3.63) is 99.9 Å². The molecule has 0 aliphatic rings. The zero-order chi connectivity index (χ0) is 19.2. The van der Waals surface area contributed by atoms with Gasteiger partial charge in [-0.25, -0.2) is 4.39 Å². The van der Waals surface area contributed by atoms with Crippen molar-refractivity contribution in [3.8, 4) is 0 Å². The summed E-state index contributed by atoms with van der Waals surface area (Å²) in [6.07, 6.45) is 1.18. The van der Waals surface area contributed by atoms with Crippen molar-refractivity contribution in [2.75, 3.05) is 5.32 Å². The third-order valence-electron chi connectivity index (χ3n) is 3.71. The molecular formula is C20H14FN3O3. The van der Waals surface area contributed by atoms with Gasteiger partial charge in [-0.2, -0.15) is 0 Å². The second-order valence-electron chi connectivity index (χ2n) is 5.56. The monoisotopic (exact) mass is 363 g/mol. The second kappa shape index (κ2) is 8.01. The fourth-order valence-electron chi connectivity index (χ4n) is 2.43. The van der Waals surface area contributed by atoms with Crippen LogP contribution in [0, 0.1) is 15.9 Å². The largest absolute Gasteiger partial charge is 0.322 e. The Kier molecular flexibility index (Phi) is 5.32. The van der Waals surface area contributed by atoms with E-state index in [4.69, 9.17) is 0 Å². The summed E-state index contributed by atoms with van der Waals surface area (Å²) in [5.41, 5.74) is 0.966. The van der Waals surface area contributed by atoms with Gasteiger partial charge in [0.15, 0.2) is 0 Å². The van der Waals surface area contributed by atoms with Gasteiger partial charge in [0.25, 0.3) is 11.6 Å². The Bertz CT molecular complexity index is 1020. The van der Waals surface area contributed by atoms with Gasteiger partial charge in [-0.15, -0.1) is 0 Å². The van der Waals surface area contributed by atoms with Crippen LogP contribution < -0.4 is 5.32 Å². The Labute approximate surface area is 154 Å². The van der Waals surface area contributed by atoms with Gasteiger partial charge in [0.1, 0.15) is 5.82 Å². The van der Waals surface area contributed by atoms with E-state index in [1.54, 1.807) is 48.5 Å². The molecule has 0 spiro atoms. The van der Waals surface area contributed by atoms with E-state index in [1.165, 1.54) is 6.21 Å². The fraction of sp³-hybridized carbons (Fsp3) is 0. The number of benzene rings is 3. The number of nitrogens with one attached hydrogen (secondary N) is 1. The Hall–Kier alpha value is -3.87.